The standard InChI is InChI=1S/C24H19BrN4O2S/c1-2-31-19-10-8-18(9-11-19)29-23(30)20-5-3-4-6-21(20)27-24(29)32-15-17-14-28-13-16(25)7-12-22(28)26-17/h3-14H,2,15H2,1H3. The van der Waals surface area contributed by atoms with Gasteiger partial charge in [0, 0.05) is 22.6 Å². The molecule has 0 fully saturated rings. The molecule has 0 atom stereocenters. The number of nitrogens with zero attached hydrogens (tertiary/aromatic N) is 4. The molecule has 5 rings (SSSR count). The number of pyridine rings is 1. The van der Waals surface area contributed by atoms with Crippen LogP contribution < -0.4 is 10.3 Å². The molecule has 3 aromatic heterocycles. The van der Waals surface area contributed by atoms with Crippen molar-refractivity contribution in [2.75, 3.05) is 6.61 Å². The number of ether oxygens (including phenoxy) is 1. The Labute approximate surface area is 197 Å². The highest BCUT2D eigenvalue weighted by Gasteiger charge is 2.14. The fraction of sp³-hybridized carbons (Fsp3) is 0.125. The van der Waals surface area contributed by atoms with E-state index in [0.717, 1.165) is 27.3 Å². The summed E-state index contributed by atoms with van der Waals surface area (Å²) in [5.74, 6) is 1.35. The van der Waals surface area contributed by atoms with Crippen LogP contribution in [0.1, 0.15) is 12.6 Å². The van der Waals surface area contributed by atoms with Gasteiger partial charge in [0.05, 0.1) is 28.9 Å². The van der Waals surface area contributed by atoms with Gasteiger partial charge in [0.2, 0.25) is 0 Å². The molecule has 0 radical (unpaired) electrons. The fourth-order valence-corrected chi connectivity index (χ4v) is 4.77. The topological polar surface area (TPSA) is 61.4 Å². The summed E-state index contributed by atoms with van der Waals surface area (Å²) in [6, 6.07) is 18.9. The van der Waals surface area contributed by atoms with Crippen LogP contribution in [0.4, 0.5) is 0 Å². The number of hydrogen-bond donors (Lipinski definition) is 0. The molecule has 0 aliphatic rings. The summed E-state index contributed by atoms with van der Waals surface area (Å²) in [5.41, 5.74) is 3.12. The minimum absolute atomic E-state index is 0.0961. The molecule has 32 heavy (non-hydrogen) atoms. The van der Waals surface area contributed by atoms with Gasteiger partial charge >= 0.3 is 0 Å². The molecule has 160 valence electrons. The third kappa shape index (κ3) is 4.03. The number of rotatable bonds is 6. The number of halogens is 1. The van der Waals surface area contributed by atoms with Gasteiger partial charge in [-0.15, -0.1) is 0 Å². The van der Waals surface area contributed by atoms with Gasteiger partial charge in [0.15, 0.2) is 5.16 Å². The lowest BCUT2D eigenvalue weighted by Crippen LogP contribution is -2.21. The normalized spacial score (nSPS) is 11.3. The van der Waals surface area contributed by atoms with Crippen molar-refractivity contribution in [3.05, 3.63) is 93.6 Å². The van der Waals surface area contributed by atoms with Crippen LogP contribution in [0.3, 0.4) is 0 Å². The summed E-state index contributed by atoms with van der Waals surface area (Å²) in [5, 5.41) is 1.21. The summed E-state index contributed by atoms with van der Waals surface area (Å²) in [7, 11) is 0. The Morgan fingerprint density at radius 1 is 1.00 bits per heavy atom. The molecule has 6 nitrogen and oxygen atoms in total. The average molecular weight is 507 g/mol. The van der Waals surface area contributed by atoms with Crippen LogP contribution >= 0.6 is 27.7 Å². The summed E-state index contributed by atoms with van der Waals surface area (Å²) in [6.07, 6.45) is 3.97. The van der Waals surface area contributed by atoms with Crippen molar-refractivity contribution in [2.45, 2.75) is 17.8 Å². The second-order valence-corrected chi connectivity index (χ2v) is 8.97. The second-order valence-electron chi connectivity index (χ2n) is 7.11. The maximum Gasteiger partial charge on any atom is 0.266 e. The van der Waals surface area contributed by atoms with Crippen LogP contribution in [0.5, 0.6) is 5.75 Å². The molecule has 8 heteroatoms. The van der Waals surface area contributed by atoms with Crippen LogP contribution in [0.15, 0.2) is 87.5 Å². The third-order valence-corrected chi connectivity index (χ3v) is 6.41. The first kappa shape index (κ1) is 20.8. The summed E-state index contributed by atoms with van der Waals surface area (Å²) < 4.78 is 10.2. The highest BCUT2D eigenvalue weighted by atomic mass is 79.9. The second kappa shape index (κ2) is 8.80. The van der Waals surface area contributed by atoms with E-state index in [0.29, 0.717) is 28.4 Å². The molecule has 0 aliphatic carbocycles. The van der Waals surface area contributed by atoms with Crippen molar-refractivity contribution in [1.82, 2.24) is 18.9 Å². The van der Waals surface area contributed by atoms with E-state index < -0.39 is 0 Å². The molecule has 0 N–H and O–H groups in total. The lowest BCUT2D eigenvalue weighted by molar-refractivity contribution is 0.340. The van der Waals surface area contributed by atoms with Crippen LogP contribution in [0.2, 0.25) is 0 Å². The molecule has 0 spiro atoms. The van der Waals surface area contributed by atoms with Gasteiger partial charge in [-0.1, -0.05) is 23.9 Å². The van der Waals surface area contributed by atoms with Crippen molar-refractivity contribution in [1.29, 1.82) is 0 Å². The number of thioether (sulfide) groups is 1. The first-order valence-electron chi connectivity index (χ1n) is 10.1. The first-order valence-corrected chi connectivity index (χ1v) is 11.9. The van der Waals surface area contributed by atoms with E-state index in [9.17, 15) is 4.79 Å². The van der Waals surface area contributed by atoms with E-state index >= 15 is 0 Å². The Bertz CT molecular complexity index is 1480. The Hall–Kier alpha value is -3.10. The molecule has 0 bridgehead atoms. The smallest absolute Gasteiger partial charge is 0.266 e. The lowest BCUT2D eigenvalue weighted by Gasteiger charge is -2.13. The van der Waals surface area contributed by atoms with Gasteiger partial charge in [-0.3, -0.25) is 9.36 Å². The van der Waals surface area contributed by atoms with Gasteiger partial charge in [-0.05, 0) is 71.4 Å². The molecule has 3 heterocycles. The van der Waals surface area contributed by atoms with E-state index in [-0.39, 0.29) is 5.56 Å². The SMILES string of the molecule is CCOc1ccc(-n2c(SCc3cn4cc(Br)ccc4n3)nc3ccccc3c2=O)cc1. The third-order valence-electron chi connectivity index (χ3n) is 4.96. The summed E-state index contributed by atoms with van der Waals surface area (Å²) in [6.45, 7) is 2.53. The maximum absolute atomic E-state index is 13.4. The Morgan fingerprint density at radius 3 is 2.62 bits per heavy atom. The van der Waals surface area contributed by atoms with Gasteiger partial charge < -0.3 is 9.14 Å². The van der Waals surface area contributed by atoms with Gasteiger partial charge in [0.25, 0.3) is 5.56 Å². The van der Waals surface area contributed by atoms with Gasteiger partial charge in [-0.2, -0.15) is 0 Å². The predicted molar refractivity (Wildman–Crippen MR) is 131 cm³/mol. The van der Waals surface area contributed by atoms with E-state index in [2.05, 4.69) is 20.9 Å². The van der Waals surface area contributed by atoms with Crippen molar-refractivity contribution in [3.8, 4) is 11.4 Å². The van der Waals surface area contributed by atoms with Crippen molar-refractivity contribution < 1.29 is 4.74 Å². The molecular weight excluding hydrogens is 488 g/mol. The molecule has 0 amide bonds. The molecule has 0 saturated carbocycles. The van der Waals surface area contributed by atoms with Crippen LogP contribution in [-0.2, 0) is 5.75 Å². The summed E-state index contributed by atoms with van der Waals surface area (Å²) in [4.78, 5) is 22.9. The fourth-order valence-electron chi connectivity index (χ4n) is 3.52. The van der Waals surface area contributed by atoms with E-state index in [1.807, 2.05) is 84.4 Å². The molecule has 5 aromatic rings. The quantitative estimate of drug-likeness (QED) is 0.225. The molecule has 0 unspecified atom stereocenters. The van der Waals surface area contributed by atoms with Crippen molar-refractivity contribution >= 4 is 44.2 Å². The van der Waals surface area contributed by atoms with Crippen molar-refractivity contribution in [3.63, 3.8) is 0 Å². The molecule has 2 aromatic carbocycles. The summed E-state index contributed by atoms with van der Waals surface area (Å²) >= 11 is 4.98. The number of para-hydroxylation sites is 1. The maximum atomic E-state index is 13.4. The Balaban J connectivity index is 1.55. The van der Waals surface area contributed by atoms with Crippen LogP contribution in [0.25, 0.3) is 22.2 Å². The number of hydrogen-bond acceptors (Lipinski definition) is 5. The minimum atomic E-state index is -0.0961. The monoisotopic (exact) mass is 506 g/mol. The zero-order valence-corrected chi connectivity index (χ0v) is 19.6. The van der Waals surface area contributed by atoms with E-state index in [1.54, 1.807) is 4.57 Å². The van der Waals surface area contributed by atoms with Gasteiger partial charge in [-0.25, -0.2) is 9.97 Å². The van der Waals surface area contributed by atoms with E-state index in [1.165, 1.54) is 11.8 Å². The van der Waals surface area contributed by atoms with Crippen LogP contribution in [0, 0.1) is 0 Å². The number of benzene rings is 2. The van der Waals surface area contributed by atoms with E-state index in [4.69, 9.17) is 9.72 Å². The number of fused-ring (bicyclic) bond motifs is 2. The molecule has 0 aliphatic heterocycles. The largest absolute Gasteiger partial charge is 0.494 e. The minimum Gasteiger partial charge on any atom is -0.494 e. The molecular formula is C24H19BrN4O2S. The Morgan fingerprint density at radius 2 is 1.81 bits per heavy atom. The average Bonchev–Trinajstić information content (AvgIpc) is 3.21. The number of aromatic nitrogens is 4. The highest BCUT2D eigenvalue weighted by molar-refractivity contribution is 9.10. The molecule has 0 saturated heterocycles. The highest BCUT2D eigenvalue weighted by Crippen LogP contribution is 2.26. The zero-order valence-electron chi connectivity index (χ0n) is 17.2. The van der Waals surface area contributed by atoms with Crippen LogP contribution in [-0.4, -0.2) is 25.5 Å². The zero-order chi connectivity index (χ0) is 22.1. The van der Waals surface area contributed by atoms with Gasteiger partial charge in [0.1, 0.15) is 11.4 Å². The predicted octanol–water partition coefficient (Wildman–Crippen LogP) is 5.49. The first-order chi connectivity index (χ1) is 15.6. The Kier molecular flexibility index (Phi) is 5.71. The van der Waals surface area contributed by atoms with Crippen molar-refractivity contribution in [2.24, 2.45) is 0 Å². The number of imidazole rings is 1. The lowest BCUT2D eigenvalue weighted by atomic mass is 10.2.